The SMILES string of the molecule is NCc1ncc(C(F)F)cc1I. The number of hydrogen-bond acceptors (Lipinski definition) is 2. The summed E-state index contributed by atoms with van der Waals surface area (Å²) in [4.78, 5) is 3.81. The molecule has 0 unspecified atom stereocenters. The van der Waals surface area contributed by atoms with Gasteiger partial charge in [-0.2, -0.15) is 0 Å². The molecule has 12 heavy (non-hydrogen) atoms. The minimum atomic E-state index is -2.46. The Balaban J connectivity index is 3.02. The average Bonchev–Trinajstić information content (AvgIpc) is 2.04. The summed E-state index contributed by atoms with van der Waals surface area (Å²) in [5.74, 6) is 0. The van der Waals surface area contributed by atoms with E-state index in [1.54, 1.807) is 0 Å². The Morgan fingerprint density at radius 2 is 2.25 bits per heavy atom. The molecule has 0 fully saturated rings. The molecule has 5 heteroatoms. The monoisotopic (exact) mass is 284 g/mol. The molecule has 1 aromatic rings. The number of rotatable bonds is 2. The van der Waals surface area contributed by atoms with Gasteiger partial charge in [-0.3, -0.25) is 4.98 Å². The number of nitrogens with zero attached hydrogens (tertiary/aromatic N) is 1. The first-order valence-corrected chi connectivity index (χ1v) is 4.35. The molecule has 0 spiro atoms. The lowest BCUT2D eigenvalue weighted by Gasteiger charge is -2.03. The lowest BCUT2D eigenvalue weighted by Crippen LogP contribution is -2.03. The smallest absolute Gasteiger partial charge is 0.265 e. The zero-order chi connectivity index (χ0) is 9.14. The molecular formula is C7H7F2IN2. The molecule has 0 amide bonds. The molecular weight excluding hydrogens is 277 g/mol. The fourth-order valence-electron chi connectivity index (χ4n) is 0.751. The van der Waals surface area contributed by atoms with Crippen molar-refractivity contribution in [1.29, 1.82) is 0 Å². The summed E-state index contributed by atoms with van der Waals surface area (Å²) < 4.78 is 24.9. The van der Waals surface area contributed by atoms with Crippen molar-refractivity contribution in [3.05, 3.63) is 27.1 Å². The van der Waals surface area contributed by atoms with Crippen LogP contribution in [0.1, 0.15) is 17.7 Å². The third-order valence-corrected chi connectivity index (χ3v) is 2.32. The molecule has 66 valence electrons. The van der Waals surface area contributed by atoms with E-state index in [-0.39, 0.29) is 12.1 Å². The maximum atomic E-state index is 12.1. The van der Waals surface area contributed by atoms with Crippen LogP contribution in [0.3, 0.4) is 0 Å². The molecule has 0 atom stereocenters. The molecule has 0 bridgehead atoms. The third-order valence-electron chi connectivity index (χ3n) is 1.38. The van der Waals surface area contributed by atoms with Gasteiger partial charge in [-0.15, -0.1) is 0 Å². The molecule has 1 heterocycles. The number of nitrogens with two attached hydrogens (primary N) is 1. The number of aromatic nitrogens is 1. The quantitative estimate of drug-likeness (QED) is 0.844. The Bertz CT molecular complexity index is 278. The fraction of sp³-hybridized carbons (Fsp3) is 0.286. The maximum Gasteiger partial charge on any atom is 0.265 e. The Kier molecular flexibility index (Phi) is 3.33. The second kappa shape index (κ2) is 4.08. The van der Waals surface area contributed by atoms with Gasteiger partial charge in [0, 0.05) is 21.9 Å². The van der Waals surface area contributed by atoms with E-state index in [1.807, 2.05) is 22.6 Å². The van der Waals surface area contributed by atoms with E-state index in [0.29, 0.717) is 9.26 Å². The molecule has 2 N–H and O–H groups in total. The number of halogens is 3. The van der Waals surface area contributed by atoms with Crippen molar-refractivity contribution < 1.29 is 8.78 Å². The summed E-state index contributed by atoms with van der Waals surface area (Å²) in [6.07, 6.45) is -1.30. The second-order valence-electron chi connectivity index (χ2n) is 2.20. The first-order valence-electron chi connectivity index (χ1n) is 3.27. The Morgan fingerprint density at radius 1 is 1.58 bits per heavy atom. The summed E-state index contributed by atoms with van der Waals surface area (Å²) in [5, 5.41) is 0. The lowest BCUT2D eigenvalue weighted by molar-refractivity contribution is 0.151. The van der Waals surface area contributed by atoms with E-state index < -0.39 is 6.43 Å². The molecule has 0 saturated heterocycles. The van der Waals surface area contributed by atoms with Gasteiger partial charge in [0.05, 0.1) is 5.69 Å². The van der Waals surface area contributed by atoms with Gasteiger partial charge in [0.25, 0.3) is 6.43 Å². The third kappa shape index (κ3) is 2.10. The topological polar surface area (TPSA) is 38.9 Å². The van der Waals surface area contributed by atoms with Crippen LogP contribution in [0, 0.1) is 3.57 Å². The van der Waals surface area contributed by atoms with Crippen LogP contribution in [0.4, 0.5) is 8.78 Å². The summed E-state index contributed by atoms with van der Waals surface area (Å²) in [5.41, 5.74) is 5.92. The van der Waals surface area contributed by atoms with E-state index in [4.69, 9.17) is 5.73 Å². The minimum absolute atomic E-state index is 0.0587. The van der Waals surface area contributed by atoms with Gasteiger partial charge >= 0.3 is 0 Å². The first-order chi connectivity index (χ1) is 5.65. The summed E-state index contributed by atoms with van der Waals surface area (Å²) in [6.45, 7) is 0.280. The van der Waals surface area contributed by atoms with Crippen LogP contribution in [-0.2, 0) is 6.54 Å². The van der Waals surface area contributed by atoms with Crippen molar-refractivity contribution >= 4 is 22.6 Å². The minimum Gasteiger partial charge on any atom is -0.325 e. The van der Waals surface area contributed by atoms with Crippen LogP contribution >= 0.6 is 22.6 Å². The van der Waals surface area contributed by atoms with E-state index in [1.165, 1.54) is 6.07 Å². The average molecular weight is 284 g/mol. The fourth-order valence-corrected chi connectivity index (χ4v) is 1.47. The molecule has 0 radical (unpaired) electrons. The van der Waals surface area contributed by atoms with Crippen molar-refractivity contribution in [1.82, 2.24) is 4.98 Å². The van der Waals surface area contributed by atoms with Gasteiger partial charge in [0.2, 0.25) is 0 Å². The van der Waals surface area contributed by atoms with Crippen LogP contribution in [0.5, 0.6) is 0 Å². The van der Waals surface area contributed by atoms with E-state index in [0.717, 1.165) is 6.20 Å². The number of hydrogen-bond donors (Lipinski definition) is 1. The van der Waals surface area contributed by atoms with Crippen molar-refractivity contribution in [3.8, 4) is 0 Å². The Morgan fingerprint density at radius 3 is 2.67 bits per heavy atom. The zero-order valence-corrected chi connectivity index (χ0v) is 8.26. The van der Waals surface area contributed by atoms with Gasteiger partial charge in [-0.1, -0.05) is 0 Å². The van der Waals surface area contributed by atoms with Crippen LogP contribution in [-0.4, -0.2) is 4.98 Å². The van der Waals surface area contributed by atoms with Gasteiger partial charge in [0.1, 0.15) is 0 Å². The Hall–Kier alpha value is -0.300. The highest BCUT2D eigenvalue weighted by atomic mass is 127. The van der Waals surface area contributed by atoms with Gasteiger partial charge < -0.3 is 5.73 Å². The van der Waals surface area contributed by atoms with Crippen LogP contribution in [0.2, 0.25) is 0 Å². The summed E-state index contributed by atoms with van der Waals surface area (Å²) in [6, 6.07) is 1.40. The van der Waals surface area contributed by atoms with Crippen molar-refractivity contribution in [3.63, 3.8) is 0 Å². The van der Waals surface area contributed by atoms with Crippen molar-refractivity contribution in [2.24, 2.45) is 5.73 Å². The molecule has 0 aliphatic carbocycles. The zero-order valence-electron chi connectivity index (χ0n) is 6.10. The highest BCUT2D eigenvalue weighted by Crippen LogP contribution is 2.20. The molecule has 1 rings (SSSR count). The first kappa shape index (κ1) is 9.79. The van der Waals surface area contributed by atoms with Gasteiger partial charge in [-0.05, 0) is 28.7 Å². The standard InChI is InChI=1S/C7H7F2IN2/c8-7(9)4-1-5(10)6(2-11)12-3-4/h1,3,7H,2,11H2. The largest absolute Gasteiger partial charge is 0.325 e. The van der Waals surface area contributed by atoms with E-state index in [2.05, 4.69) is 4.98 Å². The molecule has 0 aromatic carbocycles. The highest BCUT2D eigenvalue weighted by molar-refractivity contribution is 14.1. The summed E-state index contributed by atoms with van der Waals surface area (Å²) >= 11 is 1.94. The van der Waals surface area contributed by atoms with Gasteiger partial charge in [0.15, 0.2) is 0 Å². The molecule has 1 aromatic heterocycles. The van der Waals surface area contributed by atoms with Crippen LogP contribution in [0.15, 0.2) is 12.3 Å². The normalized spacial score (nSPS) is 10.8. The van der Waals surface area contributed by atoms with Crippen LogP contribution < -0.4 is 5.73 Å². The van der Waals surface area contributed by atoms with Crippen molar-refractivity contribution in [2.75, 3.05) is 0 Å². The van der Waals surface area contributed by atoms with Crippen molar-refractivity contribution in [2.45, 2.75) is 13.0 Å². The highest BCUT2D eigenvalue weighted by Gasteiger charge is 2.09. The van der Waals surface area contributed by atoms with E-state index in [9.17, 15) is 8.78 Å². The Labute approximate surface area is 82.3 Å². The molecule has 0 aliphatic heterocycles. The molecule has 2 nitrogen and oxygen atoms in total. The second-order valence-corrected chi connectivity index (χ2v) is 3.36. The summed E-state index contributed by atoms with van der Waals surface area (Å²) in [7, 11) is 0. The number of alkyl halides is 2. The van der Waals surface area contributed by atoms with Crippen LogP contribution in [0.25, 0.3) is 0 Å². The molecule has 0 saturated carbocycles. The predicted molar refractivity (Wildman–Crippen MR) is 49.8 cm³/mol. The molecule has 0 aliphatic rings. The van der Waals surface area contributed by atoms with E-state index >= 15 is 0 Å². The maximum absolute atomic E-state index is 12.1. The van der Waals surface area contributed by atoms with Gasteiger partial charge in [-0.25, -0.2) is 8.78 Å². The predicted octanol–water partition coefficient (Wildman–Crippen LogP) is 2.08. The number of pyridine rings is 1. The lowest BCUT2D eigenvalue weighted by atomic mass is 10.2.